The monoisotopic (exact) mass is 303 g/mol. The SMILES string of the molecule is COC(=O)C(O)(C[N+](=O)[O-])c1ccc(Br)cc1. The van der Waals surface area contributed by atoms with Gasteiger partial charge in [-0.1, -0.05) is 28.1 Å². The van der Waals surface area contributed by atoms with Gasteiger partial charge in [-0.3, -0.25) is 10.1 Å². The van der Waals surface area contributed by atoms with Crippen LogP contribution in [0.4, 0.5) is 0 Å². The highest BCUT2D eigenvalue weighted by molar-refractivity contribution is 9.10. The molecule has 6 nitrogen and oxygen atoms in total. The van der Waals surface area contributed by atoms with Gasteiger partial charge < -0.3 is 9.84 Å². The van der Waals surface area contributed by atoms with Gasteiger partial charge in [0.1, 0.15) is 0 Å². The highest BCUT2D eigenvalue weighted by Gasteiger charge is 2.44. The molecule has 7 heteroatoms. The van der Waals surface area contributed by atoms with Gasteiger partial charge in [0, 0.05) is 15.0 Å². The molecule has 1 rings (SSSR count). The van der Waals surface area contributed by atoms with Gasteiger partial charge in [-0.25, -0.2) is 4.79 Å². The molecule has 0 aliphatic rings. The Bertz CT molecular complexity index is 433. The topological polar surface area (TPSA) is 89.7 Å². The molecule has 0 aliphatic heterocycles. The maximum Gasteiger partial charge on any atom is 0.349 e. The van der Waals surface area contributed by atoms with Gasteiger partial charge in [0.15, 0.2) is 0 Å². The zero-order chi connectivity index (χ0) is 13.1. The van der Waals surface area contributed by atoms with Gasteiger partial charge in [-0.15, -0.1) is 0 Å². The van der Waals surface area contributed by atoms with Crippen LogP contribution in [0.5, 0.6) is 0 Å². The number of nitro groups is 1. The second-order valence-corrected chi connectivity index (χ2v) is 4.27. The van der Waals surface area contributed by atoms with Gasteiger partial charge in [-0.05, 0) is 12.1 Å². The van der Waals surface area contributed by atoms with Gasteiger partial charge >= 0.3 is 5.97 Å². The molecule has 0 heterocycles. The van der Waals surface area contributed by atoms with Gasteiger partial charge in [0.05, 0.1) is 7.11 Å². The molecular weight excluding hydrogens is 294 g/mol. The van der Waals surface area contributed by atoms with Crippen molar-refractivity contribution in [2.75, 3.05) is 13.7 Å². The molecule has 0 fully saturated rings. The molecule has 1 aromatic carbocycles. The molecule has 0 saturated heterocycles. The van der Waals surface area contributed by atoms with E-state index in [9.17, 15) is 20.0 Å². The summed E-state index contributed by atoms with van der Waals surface area (Å²) >= 11 is 3.19. The summed E-state index contributed by atoms with van der Waals surface area (Å²) in [4.78, 5) is 21.2. The van der Waals surface area contributed by atoms with E-state index >= 15 is 0 Å². The van der Waals surface area contributed by atoms with Crippen molar-refractivity contribution in [1.29, 1.82) is 0 Å². The fraction of sp³-hybridized carbons (Fsp3) is 0.300. The van der Waals surface area contributed by atoms with Crippen LogP contribution in [0.1, 0.15) is 5.56 Å². The van der Waals surface area contributed by atoms with E-state index in [0.717, 1.165) is 11.6 Å². The Morgan fingerprint density at radius 1 is 1.53 bits per heavy atom. The number of esters is 1. The highest BCUT2D eigenvalue weighted by atomic mass is 79.9. The number of rotatable bonds is 4. The number of hydrogen-bond donors (Lipinski definition) is 1. The zero-order valence-corrected chi connectivity index (χ0v) is 10.5. The average molecular weight is 304 g/mol. The molecule has 0 spiro atoms. The molecule has 0 amide bonds. The first-order chi connectivity index (χ1) is 7.90. The maximum atomic E-state index is 11.5. The van der Waals surface area contributed by atoms with Crippen LogP contribution in [0.2, 0.25) is 0 Å². The third-order valence-corrected chi connectivity index (χ3v) is 2.73. The van der Waals surface area contributed by atoms with E-state index < -0.39 is 23.0 Å². The van der Waals surface area contributed by atoms with Crippen molar-refractivity contribution in [3.8, 4) is 0 Å². The molecule has 1 aromatic rings. The Balaban J connectivity index is 3.18. The molecule has 17 heavy (non-hydrogen) atoms. The largest absolute Gasteiger partial charge is 0.466 e. The van der Waals surface area contributed by atoms with Gasteiger partial charge in [0.2, 0.25) is 6.54 Å². The fourth-order valence-electron chi connectivity index (χ4n) is 1.35. The summed E-state index contributed by atoms with van der Waals surface area (Å²) in [6.45, 7) is -0.943. The molecule has 0 radical (unpaired) electrons. The molecule has 0 bridgehead atoms. The minimum atomic E-state index is -2.26. The second-order valence-electron chi connectivity index (χ2n) is 3.35. The van der Waals surface area contributed by atoms with Crippen molar-refractivity contribution in [1.82, 2.24) is 0 Å². The molecule has 1 unspecified atom stereocenters. The molecule has 92 valence electrons. The molecule has 1 atom stereocenters. The maximum absolute atomic E-state index is 11.5. The van der Waals surface area contributed by atoms with Crippen LogP contribution < -0.4 is 0 Å². The lowest BCUT2D eigenvalue weighted by Crippen LogP contribution is -2.43. The minimum Gasteiger partial charge on any atom is -0.466 e. The van der Waals surface area contributed by atoms with E-state index in [1.165, 1.54) is 12.1 Å². The Kier molecular flexibility index (Phi) is 4.19. The quantitative estimate of drug-likeness (QED) is 0.511. The number of carbonyl (C=O) groups is 1. The van der Waals surface area contributed by atoms with Gasteiger partial charge in [0.25, 0.3) is 5.60 Å². The van der Waals surface area contributed by atoms with E-state index in [2.05, 4.69) is 20.7 Å². The van der Waals surface area contributed by atoms with Crippen molar-refractivity contribution in [3.63, 3.8) is 0 Å². The lowest BCUT2D eigenvalue weighted by Gasteiger charge is -2.21. The van der Waals surface area contributed by atoms with E-state index in [4.69, 9.17) is 0 Å². The van der Waals surface area contributed by atoms with Crippen molar-refractivity contribution >= 4 is 21.9 Å². The zero-order valence-electron chi connectivity index (χ0n) is 8.92. The summed E-state index contributed by atoms with van der Waals surface area (Å²) in [6, 6.07) is 5.99. The summed E-state index contributed by atoms with van der Waals surface area (Å²) in [5, 5.41) is 20.6. The van der Waals surface area contributed by atoms with Crippen LogP contribution in [-0.2, 0) is 15.1 Å². The predicted molar refractivity (Wildman–Crippen MR) is 61.9 cm³/mol. The van der Waals surface area contributed by atoms with Crippen LogP contribution in [0, 0.1) is 10.1 Å². The van der Waals surface area contributed by atoms with Crippen LogP contribution in [0.25, 0.3) is 0 Å². The Morgan fingerprint density at radius 2 is 2.06 bits per heavy atom. The Morgan fingerprint density at radius 3 is 2.47 bits per heavy atom. The fourth-order valence-corrected chi connectivity index (χ4v) is 1.62. The lowest BCUT2D eigenvalue weighted by atomic mass is 9.94. The molecule has 1 N–H and O–H groups in total. The third kappa shape index (κ3) is 3.01. The molecule has 0 saturated carbocycles. The Labute approximate surface area is 105 Å². The predicted octanol–water partition coefficient (Wildman–Crippen LogP) is 1.09. The van der Waals surface area contributed by atoms with Crippen LogP contribution in [-0.4, -0.2) is 29.7 Å². The van der Waals surface area contributed by atoms with Crippen molar-refractivity contribution in [3.05, 3.63) is 44.4 Å². The Hall–Kier alpha value is -1.47. The standard InChI is InChI=1S/C10H10BrNO5/c1-17-9(13)10(14,6-12(15)16)7-2-4-8(11)5-3-7/h2-5,14H,6H2,1H3. The van der Waals surface area contributed by atoms with Crippen molar-refractivity contribution < 1.29 is 19.6 Å². The number of aliphatic hydroxyl groups is 1. The second kappa shape index (κ2) is 5.24. The smallest absolute Gasteiger partial charge is 0.349 e. The third-order valence-electron chi connectivity index (χ3n) is 2.20. The van der Waals surface area contributed by atoms with Crippen molar-refractivity contribution in [2.24, 2.45) is 0 Å². The summed E-state index contributed by atoms with van der Waals surface area (Å²) in [5.41, 5.74) is -2.15. The van der Waals surface area contributed by atoms with E-state index in [1.54, 1.807) is 12.1 Å². The van der Waals surface area contributed by atoms with Crippen molar-refractivity contribution in [2.45, 2.75) is 5.60 Å². The summed E-state index contributed by atoms with van der Waals surface area (Å²) in [7, 11) is 1.06. The number of ether oxygens (including phenoxy) is 1. The number of methoxy groups -OCH3 is 1. The highest BCUT2D eigenvalue weighted by Crippen LogP contribution is 2.24. The van der Waals surface area contributed by atoms with Crippen LogP contribution >= 0.6 is 15.9 Å². The number of carbonyl (C=O) groups excluding carboxylic acids is 1. The first-order valence-corrected chi connectivity index (χ1v) is 5.38. The number of nitrogens with zero attached hydrogens (tertiary/aromatic N) is 1. The molecular formula is C10H10BrNO5. The number of benzene rings is 1. The first-order valence-electron chi connectivity index (χ1n) is 4.59. The van der Waals surface area contributed by atoms with Gasteiger partial charge in [-0.2, -0.15) is 0 Å². The summed E-state index contributed by atoms with van der Waals surface area (Å²) in [5.74, 6) is -1.06. The summed E-state index contributed by atoms with van der Waals surface area (Å²) < 4.78 is 5.13. The van der Waals surface area contributed by atoms with E-state index in [1.807, 2.05) is 0 Å². The van der Waals surface area contributed by atoms with Crippen LogP contribution in [0.15, 0.2) is 28.7 Å². The first kappa shape index (κ1) is 13.6. The van der Waals surface area contributed by atoms with Crippen LogP contribution in [0.3, 0.4) is 0 Å². The number of hydrogen-bond acceptors (Lipinski definition) is 5. The van der Waals surface area contributed by atoms with E-state index in [-0.39, 0.29) is 5.56 Å². The lowest BCUT2D eigenvalue weighted by molar-refractivity contribution is -0.499. The molecule has 0 aliphatic carbocycles. The van der Waals surface area contributed by atoms with E-state index in [0.29, 0.717) is 0 Å². The summed E-state index contributed by atoms with van der Waals surface area (Å²) in [6.07, 6.45) is 0. The average Bonchev–Trinajstić information content (AvgIpc) is 2.27. The minimum absolute atomic E-state index is 0.115. The molecule has 0 aromatic heterocycles. The normalized spacial score (nSPS) is 13.8. The number of halogens is 1.